The summed E-state index contributed by atoms with van der Waals surface area (Å²) in [4.78, 5) is 0. The Morgan fingerprint density at radius 1 is 0.155 bits per heavy atom. The Hall–Kier alpha value is 0.0249. The van der Waals surface area contributed by atoms with Crippen molar-refractivity contribution < 1.29 is 4.48 Å². The molecule has 0 amide bonds. The zero-order chi connectivity index (χ0) is 41.3. The van der Waals surface area contributed by atoms with Gasteiger partial charge in [-0.3, -0.25) is 0 Å². The number of unbranched alkanes of at least 4 members (excludes halogenated alkanes) is 44. The van der Waals surface area contributed by atoms with Gasteiger partial charge >= 0.3 is 0 Å². The van der Waals surface area contributed by atoms with E-state index in [0.717, 1.165) is 0 Å². The van der Waals surface area contributed by atoms with Gasteiger partial charge in [-0.2, -0.15) is 0 Å². The maximum absolute atomic E-state index is 2.33. The molecule has 0 saturated heterocycles. The Labute approximate surface area is 373 Å². The number of hydrogen-bond acceptors (Lipinski definition) is 0. The van der Waals surface area contributed by atoms with Crippen LogP contribution in [0.1, 0.15) is 336 Å². The molecule has 0 spiro atoms. The van der Waals surface area contributed by atoms with Crippen LogP contribution in [-0.2, 0) is 0 Å². The SMILES string of the molecule is CCCCCCCCCCCCCC[N+](CCCCCCCCCCCCCC)(CCCCCCCCCCCCCC)CCCCCCCCCCCCCC.[BH4-]. The summed E-state index contributed by atoms with van der Waals surface area (Å²) >= 11 is 0. The second-order valence-corrected chi connectivity index (χ2v) is 19.8. The van der Waals surface area contributed by atoms with Gasteiger partial charge in [0.2, 0.25) is 0 Å². The standard InChI is InChI=1S/C56H116N.BH4/c1-5-9-13-17-21-25-29-33-37-41-45-49-53-57(54-50-46-42-38-34-30-26-22-18-14-10-6-2,55-51-47-43-39-35-31-27-23-19-15-11-7-3)56-52-48-44-40-36-32-28-24-20-16-12-8-4;/h5-56H2,1-4H3;1H4/q+1;-1. The second-order valence-electron chi connectivity index (χ2n) is 19.8. The smallest absolute Gasteiger partial charge is 0.0786 e. The van der Waals surface area contributed by atoms with Crippen LogP contribution in [0, 0.1) is 0 Å². The first-order valence-corrected chi connectivity index (χ1v) is 28.1. The fourth-order valence-corrected chi connectivity index (χ4v) is 9.82. The van der Waals surface area contributed by atoms with Crippen LogP contribution in [0.2, 0.25) is 0 Å². The lowest BCUT2D eigenvalue weighted by molar-refractivity contribution is -0.929. The third kappa shape index (κ3) is 47.1. The van der Waals surface area contributed by atoms with Crippen molar-refractivity contribution in [3.05, 3.63) is 0 Å². The van der Waals surface area contributed by atoms with E-state index in [-0.39, 0.29) is 8.41 Å². The summed E-state index contributed by atoms with van der Waals surface area (Å²) in [5, 5.41) is 0. The van der Waals surface area contributed by atoms with Gasteiger partial charge in [-0.05, 0) is 51.4 Å². The average Bonchev–Trinajstić information content (AvgIpc) is 3.22. The molecule has 0 saturated carbocycles. The van der Waals surface area contributed by atoms with Crippen LogP contribution in [0.15, 0.2) is 0 Å². The van der Waals surface area contributed by atoms with Gasteiger partial charge in [0.05, 0.1) is 26.2 Å². The molecule has 0 aromatic rings. The van der Waals surface area contributed by atoms with E-state index in [1.54, 1.807) is 0 Å². The zero-order valence-corrected chi connectivity index (χ0v) is 41.2. The third-order valence-corrected chi connectivity index (χ3v) is 13.9. The molecule has 58 heavy (non-hydrogen) atoms. The summed E-state index contributed by atoms with van der Waals surface area (Å²) in [6.45, 7) is 15.3. The Balaban J connectivity index is 0. The normalized spacial score (nSPS) is 11.8. The number of nitrogens with zero attached hydrogens (tertiary/aromatic N) is 1. The molecule has 0 rings (SSSR count). The van der Waals surface area contributed by atoms with Gasteiger partial charge in [0.1, 0.15) is 0 Å². The molecule has 0 aliphatic heterocycles. The van der Waals surface area contributed by atoms with Crippen LogP contribution >= 0.6 is 0 Å². The first-order chi connectivity index (χ1) is 28.2. The molecule has 0 fully saturated rings. The van der Waals surface area contributed by atoms with Gasteiger partial charge in [-0.1, -0.05) is 293 Å². The van der Waals surface area contributed by atoms with E-state index in [1.165, 1.54) is 339 Å². The summed E-state index contributed by atoms with van der Waals surface area (Å²) in [5.41, 5.74) is 0. The molecule has 0 bridgehead atoms. The van der Waals surface area contributed by atoms with Crippen molar-refractivity contribution in [1.82, 2.24) is 0 Å². The van der Waals surface area contributed by atoms with E-state index >= 15 is 0 Å². The quantitative estimate of drug-likeness (QED) is 0.0326. The van der Waals surface area contributed by atoms with Crippen molar-refractivity contribution in [2.75, 3.05) is 26.2 Å². The molecule has 352 valence electrons. The van der Waals surface area contributed by atoms with Crippen LogP contribution < -0.4 is 0 Å². The topological polar surface area (TPSA) is 0 Å². The predicted molar refractivity (Wildman–Crippen MR) is 275 cm³/mol. The maximum Gasteiger partial charge on any atom is 0.0786 e. The van der Waals surface area contributed by atoms with E-state index in [0.29, 0.717) is 0 Å². The highest BCUT2D eigenvalue weighted by atomic mass is 15.3. The van der Waals surface area contributed by atoms with Gasteiger partial charge in [-0.25, -0.2) is 0 Å². The fourth-order valence-electron chi connectivity index (χ4n) is 9.82. The lowest BCUT2D eigenvalue weighted by atomic mass is 10.0. The minimum atomic E-state index is 0. The predicted octanol–water partition coefficient (Wildman–Crippen LogP) is 19.2. The van der Waals surface area contributed by atoms with E-state index in [2.05, 4.69) is 27.7 Å². The summed E-state index contributed by atoms with van der Waals surface area (Å²) in [6.07, 6.45) is 70.7. The summed E-state index contributed by atoms with van der Waals surface area (Å²) < 4.78 is 1.49. The van der Waals surface area contributed by atoms with Gasteiger partial charge in [-0.15, -0.1) is 0 Å². The highest BCUT2D eigenvalue weighted by Crippen LogP contribution is 2.22. The number of quaternary nitrogens is 1. The monoisotopic (exact) mass is 818 g/mol. The molecular formula is C56H120BN. The second kappa shape index (κ2) is 53.2. The molecule has 0 atom stereocenters. The minimum absolute atomic E-state index is 0. The average molecular weight is 818 g/mol. The molecular weight excluding hydrogens is 697 g/mol. The van der Waals surface area contributed by atoms with Crippen molar-refractivity contribution >= 4 is 8.41 Å². The van der Waals surface area contributed by atoms with Gasteiger partial charge in [0.15, 0.2) is 0 Å². The molecule has 2 heteroatoms. The van der Waals surface area contributed by atoms with E-state index in [9.17, 15) is 0 Å². The molecule has 0 aromatic carbocycles. The van der Waals surface area contributed by atoms with Crippen molar-refractivity contribution in [2.45, 2.75) is 336 Å². The van der Waals surface area contributed by atoms with Crippen molar-refractivity contribution in [2.24, 2.45) is 0 Å². The molecule has 1 nitrogen and oxygen atoms in total. The van der Waals surface area contributed by atoms with Crippen molar-refractivity contribution in [3.8, 4) is 0 Å². The Morgan fingerprint density at radius 3 is 0.379 bits per heavy atom. The molecule has 0 unspecified atom stereocenters. The Morgan fingerprint density at radius 2 is 0.259 bits per heavy atom. The van der Waals surface area contributed by atoms with Crippen molar-refractivity contribution in [3.63, 3.8) is 0 Å². The third-order valence-electron chi connectivity index (χ3n) is 13.9. The zero-order valence-electron chi connectivity index (χ0n) is 41.2. The minimum Gasteiger partial charge on any atom is -0.324 e. The largest absolute Gasteiger partial charge is 0.324 e. The first-order valence-electron chi connectivity index (χ1n) is 28.1. The van der Waals surface area contributed by atoms with E-state index in [1.807, 2.05) is 0 Å². The Kier molecular flexibility index (Phi) is 55.1. The van der Waals surface area contributed by atoms with Crippen LogP contribution in [0.4, 0.5) is 0 Å². The van der Waals surface area contributed by atoms with E-state index in [4.69, 9.17) is 0 Å². The molecule has 0 heterocycles. The summed E-state index contributed by atoms with van der Waals surface area (Å²) in [7, 11) is 0. The van der Waals surface area contributed by atoms with Crippen LogP contribution in [0.5, 0.6) is 0 Å². The van der Waals surface area contributed by atoms with Crippen molar-refractivity contribution in [1.29, 1.82) is 0 Å². The fraction of sp³-hybridized carbons (Fsp3) is 1.00. The highest BCUT2D eigenvalue weighted by molar-refractivity contribution is 5.75. The van der Waals surface area contributed by atoms with Crippen LogP contribution in [0.3, 0.4) is 0 Å². The molecule has 0 aliphatic carbocycles. The summed E-state index contributed by atoms with van der Waals surface area (Å²) in [5.74, 6) is 0. The lowest BCUT2D eigenvalue weighted by Crippen LogP contribution is -2.50. The van der Waals surface area contributed by atoms with Gasteiger partial charge in [0, 0.05) is 0 Å². The highest BCUT2D eigenvalue weighted by Gasteiger charge is 2.25. The maximum atomic E-state index is 2.33. The lowest BCUT2D eigenvalue weighted by Gasteiger charge is -2.40. The molecule has 0 radical (unpaired) electrons. The van der Waals surface area contributed by atoms with Crippen LogP contribution in [-0.4, -0.2) is 39.1 Å². The number of rotatable bonds is 52. The number of hydrogen-bond donors (Lipinski definition) is 0. The van der Waals surface area contributed by atoms with Crippen LogP contribution in [0.25, 0.3) is 0 Å². The summed E-state index contributed by atoms with van der Waals surface area (Å²) in [6, 6.07) is 0. The molecule has 0 aliphatic rings. The molecule has 0 N–H and O–H groups in total. The Bertz CT molecular complexity index is 575. The molecule has 0 aromatic heterocycles. The first kappa shape index (κ1) is 60.1. The van der Waals surface area contributed by atoms with E-state index < -0.39 is 0 Å². The van der Waals surface area contributed by atoms with Gasteiger partial charge in [0.25, 0.3) is 0 Å². The van der Waals surface area contributed by atoms with Gasteiger partial charge < -0.3 is 4.48 Å².